The minimum atomic E-state index is 0.280. The molecule has 0 bridgehead atoms. The fraction of sp³-hybridized carbons (Fsp3) is 0.577. The zero-order chi connectivity index (χ0) is 23.0. The number of hydrogen-bond donors (Lipinski definition) is 2. The number of nitrogens with one attached hydrogen (secondary N) is 2. The van der Waals surface area contributed by atoms with E-state index in [4.69, 9.17) is 0 Å². The predicted octanol–water partition coefficient (Wildman–Crippen LogP) is 6.65. The summed E-state index contributed by atoms with van der Waals surface area (Å²) in [5.41, 5.74) is 3.01. The Morgan fingerprint density at radius 3 is 2.10 bits per heavy atom. The number of aryl methyl sites for hydroxylation is 1. The van der Waals surface area contributed by atoms with Crippen LogP contribution in [0, 0.1) is 5.41 Å². The van der Waals surface area contributed by atoms with Crippen molar-refractivity contribution in [3.8, 4) is 0 Å². The average Bonchev–Trinajstić information content (AvgIpc) is 2.81. The van der Waals surface area contributed by atoms with Gasteiger partial charge in [-0.1, -0.05) is 77.5 Å². The van der Waals surface area contributed by atoms with Gasteiger partial charge in [-0.3, -0.25) is 4.79 Å². The van der Waals surface area contributed by atoms with Crippen LogP contribution in [0.3, 0.4) is 0 Å². The van der Waals surface area contributed by atoms with Crippen molar-refractivity contribution in [3.63, 3.8) is 0 Å². The van der Waals surface area contributed by atoms with E-state index in [0.717, 1.165) is 51.6 Å². The van der Waals surface area contributed by atoms with Gasteiger partial charge in [0.05, 0.1) is 0 Å². The van der Waals surface area contributed by atoms with Gasteiger partial charge in [0.25, 0.3) is 0 Å². The molecule has 1 amide bonds. The summed E-state index contributed by atoms with van der Waals surface area (Å²) in [6.45, 7) is 20.1. The molecule has 0 saturated heterocycles. The Morgan fingerprint density at radius 2 is 1.59 bits per heavy atom. The van der Waals surface area contributed by atoms with E-state index in [1.807, 2.05) is 34.7 Å². The highest BCUT2D eigenvalue weighted by atomic mass is 16.1. The first kappa shape index (κ1) is 31.8. The van der Waals surface area contributed by atoms with Gasteiger partial charge in [0.1, 0.15) is 0 Å². The lowest BCUT2D eigenvalue weighted by Gasteiger charge is -2.33. The average molecular weight is 405 g/mol. The first-order valence-electron chi connectivity index (χ1n) is 11.2. The van der Waals surface area contributed by atoms with Crippen LogP contribution < -0.4 is 10.6 Å². The van der Waals surface area contributed by atoms with Gasteiger partial charge in [-0.05, 0) is 62.7 Å². The zero-order valence-corrected chi connectivity index (χ0v) is 20.3. The van der Waals surface area contributed by atoms with Crippen LogP contribution in [0.15, 0.2) is 43.5 Å². The van der Waals surface area contributed by atoms with Gasteiger partial charge < -0.3 is 10.6 Å². The van der Waals surface area contributed by atoms with E-state index in [9.17, 15) is 4.79 Å². The summed E-state index contributed by atoms with van der Waals surface area (Å²) < 4.78 is 0. The molecule has 0 radical (unpaired) electrons. The van der Waals surface area contributed by atoms with Crippen LogP contribution in [-0.4, -0.2) is 26.5 Å². The summed E-state index contributed by atoms with van der Waals surface area (Å²) >= 11 is 0. The fourth-order valence-electron chi connectivity index (χ4n) is 3.20. The Morgan fingerprint density at radius 1 is 1.00 bits per heavy atom. The normalized spacial score (nSPS) is 11.6. The van der Waals surface area contributed by atoms with Gasteiger partial charge in [-0.15, -0.1) is 13.2 Å². The third-order valence-electron chi connectivity index (χ3n) is 4.86. The third kappa shape index (κ3) is 14.7. The second-order valence-electron chi connectivity index (χ2n) is 6.23. The van der Waals surface area contributed by atoms with Crippen LogP contribution >= 0.6 is 0 Å². The second kappa shape index (κ2) is 24.2. The van der Waals surface area contributed by atoms with Crippen LogP contribution in [0.1, 0.15) is 78.4 Å². The molecule has 1 aromatic rings. The van der Waals surface area contributed by atoms with Crippen molar-refractivity contribution >= 4 is 12.5 Å². The molecule has 168 valence electrons. The second-order valence-corrected chi connectivity index (χ2v) is 6.23. The summed E-state index contributed by atoms with van der Waals surface area (Å²) in [6.07, 6.45) is 10.6. The maximum absolute atomic E-state index is 10.6. The molecule has 0 saturated carbocycles. The largest absolute Gasteiger partial charge is 0.359 e. The highest BCUT2D eigenvalue weighted by Gasteiger charge is 2.27. The highest BCUT2D eigenvalue weighted by molar-refractivity contribution is 5.53. The van der Waals surface area contributed by atoms with Crippen molar-refractivity contribution in [2.24, 2.45) is 5.41 Å². The Kier molecular flexibility index (Phi) is 26.5. The summed E-state index contributed by atoms with van der Waals surface area (Å²) in [4.78, 5) is 10.6. The Bertz CT molecular complexity index is 499. The van der Waals surface area contributed by atoms with E-state index in [2.05, 4.69) is 74.1 Å². The molecule has 2 N–H and O–H groups in total. The minimum absolute atomic E-state index is 0.280. The maximum atomic E-state index is 10.6. The molecule has 1 aromatic carbocycles. The molecule has 0 aliphatic rings. The third-order valence-corrected chi connectivity index (χ3v) is 4.86. The fourth-order valence-corrected chi connectivity index (χ4v) is 3.20. The molecule has 1 atom stereocenters. The predicted molar refractivity (Wildman–Crippen MR) is 133 cm³/mol. The summed E-state index contributed by atoms with van der Waals surface area (Å²) in [6, 6.07) is 8.64. The van der Waals surface area contributed by atoms with Crippen LogP contribution in [0.5, 0.6) is 0 Å². The van der Waals surface area contributed by atoms with Crippen molar-refractivity contribution < 1.29 is 4.79 Å². The monoisotopic (exact) mass is 404 g/mol. The van der Waals surface area contributed by atoms with Crippen molar-refractivity contribution in [1.82, 2.24) is 10.6 Å². The molecule has 3 nitrogen and oxygen atoms in total. The van der Waals surface area contributed by atoms with Gasteiger partial charge >= 0.3 is 0 Å². The summed E-state index contributed by atoms with van der Waals surface area (Å²) in [7, 11) is 2.01. The first-order chi connectivity index (χ1) is 14.2. The number of allylic oxidation sites excluding steroid dienone is 1. The molecule has 3 heteroatoms. The van der Waals surface area contributed by atoms with Crippen LogP contribution in [0.4, 0.5) is 0 Å². The van der Waals surface area contributed by atoms with Crippen molar-refractivity contribution in [2.45, 2.75) is 73.6 Å². The molecule has 0 fully saturated rings. The van der Waals surface area contributed by atoms with Crippen LogP contribution in [0.2, 0.25) is 0 Å². The topological polar surface area (TPSA) is 41.1 Å². The summed E-state index contributed by atoms with van der Waals surface area (Å²) in [5, 5.41) is 6.11. The number of benzene rings is 1. The quantitative estimate of drug-likeness (QED) is 0.233. The van der Waals surface area contributed by atoms with E-state index in [0.29, 0.717) is 0 Å². The van der Waals surface area contributed by atoms with E-state index in [1.54, 1.807) is 0 Å². The lowest BCUT2D eigenvalue weighted by atomic mass is 9.74. The molecule has 0 spiro atoms. The molecular formula is C26H48N2O. The van der Waals surface area contributed by atoms with Gasteiger partial charge in [-0.2, -0.15) is 0 Å². The number of hydrogen-bond acceptors (Lipinski definition) is 2. The Balaban J connectivity index is -0.00000103. The summed E-state index contributed by atoms with van der Waals surface area (Å²) in [5.74, 6) is 0. The minimum Gasteiger partial charge on any atom is -0.359 e. The molecule has 0 heterocycles. The number of carbonyl (C=O) groups is 1. The zero-order valence-electron chi connectivity index (χ0n) is 20.3. The van der Waals surface area contributed by atoms with E-state index in [-0.39, 0.29) is 5.41 Å². The molecule has 0 aliphatic carbocycles. The van der Waals surface area contributed by atoms with Crippen molar-refractivity contribution in [1.29, 1.82) is 0 Å². The van der Waals surface area contributed by atoms with E-state index < -0.39 is 0 Å². The standard InChI is InChI=1S/C20H32N2O.2C2H6.C2H4/c1-4-8-18-9-6-7-10-19(18)11-12-20(5-2,13-15-21-3)14-16-22-17-23;3*1-2/h4,6-10,17,21H,5,11-16H2,1-3H3,(H,22,23);2*1-2H3;1-2H2/b8-4+;;;. The number of amides is 1. The Labute approximate surface area is 182 Å². The van der Waals surface area contributed by atoms with Gasteiger partial charge in [0.2, 0.25) is 6.41 Å². The van der Waals surface area contributed by atoms with Gasteiger partial charge in [-0.25, -0.2) is 0 Å². The highest BCUT2D eigenvalue weighted by Crippen LogP contribution is 2.36. The van der Waals surface area contributed by atoms with Crippen LogP contribution in [0.25, 0.3) is 6.08 Å². The number of carbonyl (C=O) groups excluding carboxylic acids is 1. The van der Waals surface area contributed by atoms with Crippen LogP contribution in [-0.2, 0) is 11.2 Å². The van der Waals surface area contributed by atoms with Crippen molar-refractivity contribution in [3.05, 3.63) is 54.6 Å². The molecule has 29 heavy (non-hydrogen) atoms. The molecule has 1 rings (SSSR count). The van der Waals surface area contributed by atoms with Gasteiger partial charge in [0.15, 0.2) is 0 Å². The van der Waals surface area contributed by atoms with E-state index >= 15 is 0 Å². The van der Waals surface area contributed by atoms with Gasteiger partial charge in [0, 0.05) is 6.54 Å². The van der Waals surface area contributed by atoms with E-state index in [1.165, 1.54) is 11.1 Å². The smallest absolute Gasteiger partial charge is 0.207 e. The molecule has 0 aromatic heterocycles. The first-order valence-corrected chi connectivity index (χ1v) is 11.2. The lowest BCUT2D eigenvalue weighted by molar-refractivity contribution is -0.109. The molecular weight excluding hydrogens is 356 g/mol. The molecule has 1 unspecified atom stereocenters. The SMILES string of the molecule is C/C=C/c1ccccc1CCC(CC)(CCNC)CCNC=O.C=C.CC.CC. The van der Waals surface area contributed by atoms with Crippen molar-refractivity contribution in [2.75, 3.05) is 20.1 Å². The maximum Gasteiger partial charge on any atom is 0.207 e. The molecule has 0 aliphatic heterocycles. The lowest BCUT2D eigenvalue weighted by Crippen LogP contribution is -2.30. The Hall–Kier alpha value is -1.87. The number of rotatable bonds is 12.